The third-order valence-electron chi connectivity index (χ3n) is 7.36. The predicted molar refractivity (Wildman–Crippen MR) is 134 cm³/mol. The minimum atomic E-state index is 0.214. The van der Waals surface area contributed by atoms with Crippen LogP contribution in [0.2, 0.25) is 0 Å². The molecule has 0 radical (unpaired) electrons. The lowest BCUT2D eigenvalue weighted by atomic mass is 9.75. The van der Waals surface area contributed by atoms with Gasteiger partial charge < -0.3 is 14.7 Å². The van der Waals surface area contributed by atoms with Crippen LogP contribution in [0.4, 0.5) is 0 Å². The number of ether oxygens (including phenoxy) is 1. The number of aromatic hydroxyl groups is 1. The van der Waals surface area contributed by atoms with E-state index in [1.54, 1.807) is 12.1 Å². The van der Waals surface area contributed by atoms with Crippen molar-refractivity contribution in [1.82, 2.24) is 4.90 Å². The molecule has 33 heavy (non-hydrogen) atoms. The molecule has 0 amide bonds. The topological polar surface area (TPSA) is 32.7 Å². The summed E-state index contributed by atoms with van der Waals surface area (Å²) >= 11 is 0. The molecule has 2 aliphatic rings. The van der Waals surface area contributed by atoms with Crippen molar-refractivity contribution in [3.8, 4) is 11.5 Å². The predicted octanol–water partition coefficient (Wildman–Crippen LogP) is 6.51. The molecule has 5 rings (SSSR count). The van der Waals surface area contributed by atoms with Crippen molar-refractivity contribution in [1.29, 1.82) is 0 Å². The first kappa shape index (κ1) is 22.0. The molecular weight excluding hydrogens is 406 g/mol. The molecule has 0 bridgehead atoms. The third-order valence-corrected chi connectivity index (χ3v) is 7.36. The molecule has 3 aromatic carbocycles. The number of fused-ring (bicyclic) bond motifs is 1. The molecule has 0 unspecified atom stereocenters. The van der Waals surface area contributed by atoms with Crippen molar-refractivity contribution < 1.29 is 9.84 Å². The van der Waals surface area contributed by atoms with Gasteiger partial charge in [0.05, 0.1) is 6.61 Å². The van der Waals surface area contributed by atoms with Gasteiger partial charge >= 0.3 is 0 Å². The first-order valence-corrected chi connectivity index (χ1v) is 12.6. The number of hydrogen-bond acceptors (Lipinski definition) is 3. The maximum Gasteiger partial charge on any atom is 0.126 e. The Kier molecular flexibility index (Phi) is 6.97. The lowest BCUT2D eigenvalue weighted by Gasteiger charge is -2.34. The van der Waals surface area contributed by atoms with Crippen LogP contribution >= 0.6 is 0 Å². The SMILES string of the molecule is Oc1ccc2c(c1)OC[C@H](c1ccccc1)[C@@H]2c1ccc(CCCCCN2CCCC2)cc1. The van der Waals surface area contributed by atoms with Gasteiger partial charge in [0.1, 0.15) is 11.5 Å². The Morgan fingerprint density at radius 2 is 1.61 bits per heavy atom. The van der Waals surface area contributed by atoms with Crippen LogP contribution in [0.25, 0.3) is 0 Å². The largest absolute Gasteiger partial charge is 0.508 e. The number of hydrogen-bond donors (Lipinski definition) is 1. The highest BCUT2D eigenvalue weighted by atomic mass is 16.5. The van der Waals surface area contributed by atoms with Crippen molar-refractivity contribution >= 4 is 0 Å². The Bertz CT molecular complexity index is 1020. The van der Waals surface area contributed by atoms with Crippen LogP contribution in [-0.2, 0) is 6.42 Å². The van der Waals surface area contributed by atoms with E-state index in [1.165, 1.54) is 68.4 Å². The third kappa shape index (κ3) is 5.25. The fourth-order valence-electron chi connectivity index (χ4n) is 5.54. The van der Waals surface area contributed by atoms with Gasteiger partial charge in [0.2, 0.25) is 0 Å². The number of phenols is 1. The molecule has 2 heterocycles. The highest BCUT2D eigenvalue weighted by Gasteiger charge is 2.33. The number of benzene rings is 3. The second-order valence-corrected chi connectivity index (χ2v) is 9.63. The summed E-state index contributed by atoms with van der Waals surface area (Å²) in [7, 11) is 0. The average Bonchev–Trinajstić information content (AvgIpc) is 3.38. The number of likely N-dealkylation sites (tertiary alicyclic amines) is 1. The second-order valence-electron chi connectivity index (χ2n) is 9.63. The minimum Gasteiger partial charge on any atom is -0.508 e. The lowest BCUT2D eigenvalue weighted by Crippen LogP contribution is -2.25. The summed E-state index contributed by atoms with van der Waals surface area (Å²) in [6, 6.07) is 25.5. The van der Waals surface area contributed by atoms with Crippen LogP contribution < -0.4 is 4.74 Å². The number of rotatable bonds is 8. The van der Waals surface area contributed by atoms with Gasteiger partial charge in [-0.25, -0.2) is 0 Å². The van der Waals surface area contributed by atoms with E-state index in [0.717, 1.165) is 17.7 Å². The van der Waals surface area contributed by atoms with Gasteiger partial charge in [0.25, 0.3) is 0 Å². The summed E-state index contributed by atoms with van der Waals surface area (Å²) in [5, 5.41) is 9.96. The van der Waals surface area contributed by atoms with Crippen LogP contribution in [0.15, 0.2) is 72.8 Å². The molecule has 172 valence electrons. The number of phenolic OH excluding ortho intramolecular Hbond substituents is 1. The fourth-order valence-corrected chi connectivity index (χ4v) is 5.54. The molecule has 0 aromatic heterocycles. The van der Waals surface area contributed by atoms with Gasteiger partial charge in [-0.1, -0.05) is 67.1 Å². The van der Waals surface area contributed by atoms with Crippen LogP contribution in [0.3, 0.4) is 0 Å². The van der Waals surface area contributed by atoms with E-state index >= 15 is 0 Å². The Morgan fingerprint density at radius 3 is 2.39 bits per heavy atom. The minimum absolute atomic E-state index is 0.214. The lowest BCUT2D eigenvalue weighted by molar-refractivity contribution is 0.248. The van der Waals surface area contributed by atoms with E-state index in [2.05, 4.69) is 59.5 Å². The summed E-state index contributed by atoms with van der Waals surface area (Å²) in [5.41, 5.74) is 5.19. The quantitative estimate of drug-likeness (QED) is 0.405. The average molecular weight is 442 g/mol. The molecule has 0 saturated carbocycles. The van der Waals surface area contributed by atoms with Crippen LogP contribution in [0.5, 0.6) is 11.5 Å². The summed E-state index contributed by atoms with van der Waals surface area (Å²) in [6.45, 7) is 4.50. The second kappa shape index (κ2) is 10.4. The Balaban J connectivity index is 1.28. The van der Waals surface area contributed by atoms with Crippen LogP contribution in [0, 0.1) is 0 Å². The van der Waals surface area contributed by atoms with Gasteiger partial charge in [-0.05, 0) is 74.5 Å². The highest BCUT2D eigenvalue weighted by Crippen LogP contribution is 2.46. The van der Waals surface area contributed by atoms with E-state index < -0.39 is 0 Å². The van der Waals surface area contributed by atoms with E-state index in [-0.39, 0.29) is 17.6 Å². The van der Waals surface area contributed by atoms with Gasteiger partial charge in [-0.2, -0.15) is 0 Å². The Labute approximate surface area is 198 Å². The summed E-state index contributed by atoms with van der Waals surface area (Å²) in [6.07, 6.45) is 7.82. The molecule has 3 aromatic rings. The molecule has 1 N–H and O–H groups in total. The zero-order valence-electron chi connectivity index (χ0n) is 19.5. The van der Waals surface area contributed by atoms with Crippen molar-refractivity contribution in [3.63, 3.8) is 0 Å². The molecule has 1 saturated heterocycles. The highest BCUT2D eigenvalue weighted by molar-refractivity contribution is 5.50. The zero-order valence-corrected chi connectivity index (χ0v) is 19.5. The molecule has 1 fully saturated rings. The van der Waals surface area contributed by atoms with E-state index in [9.17, 15) is 5.11 Å². The van der Waals surface area contributed by atoms with E-state index in [1.807, 2.05) is 6.07 Å². The zero-order chi connectivity index (χ0) is 22.5. The molecular formula is C30H35NO2. The summed E-state index contributed by atoms with van der Waals surface area (Å²) in [4.78, 5) is 2.61. The van der Waals surface area contributed by atoms with Crippen molar-refractivity contribution in [2.24, 2.45) is 0 Å². The van der Waals surface area contributed by atoms with Crippen molar-refractivity contribution in [2.45, 2.75) is 50.4 Å². The smallest absolute Gasteiger partial charge is 0.126 e. The van der Waals surface area contributed by atoms with Gasteiger partial charge in [0, 0.05) is 23.5 Å². The van der Waals surface area contributed by atoms with Crippen LogP contribution in [0.1, 0.15) is 66.2 Å². The maximum absolute atomic E-state index is 9.96. The molecule has 3 heteroatoms. The Morgan fingerprint density at radius 1 is 0.818 bits per heavy atom. The van der Waals surface area contributed by atoms with E-state index in [4.69, 9.17) is 4.74 Å². The summed E-state index contributed by atoms with van der Waals surface area (Å²) in [5.74, 6) is 1.52. The van der Waals surface area contributed by atoms with Crippen molar-refractivity contribution in [3.05, 3.63) is 95.1 Å². The van der Waals surface area contributed by atoms with Gasteiger partial charge in [0.15, 0.2) is 0 Å². The number of nitrogens with zero attached hydrogens (tertiary/aromatic N) is 1. The Hall–Kier alpha value is -2.78. The first-order valence-electron chi connectivity index (χ1n) is 12.6. The normalized spacial score (nSPS) is 20.4. The number of unbranched alkanes of at least 4 members (excludes halogenated alkanes) is 2. The standard InChI is InChI=1S/C30H35NO2/c32-26-16-17-27-29(21-26)33-22-28(24-10-4-1-5-11-24)30(27)25-14-12-23(13-15-25)9-3-2-6-18-31-19-7-8-20-31/h1,4-5,10-17,21,28,30,32H,2-3,6-9,18-20,22H2/t28-,30-/m1/s1. The van der Waals surface area contributed by atoms with Crippen molar-refractivity contribution in [2.75, 3.05) is 26.2 Å². The summed E-state index contributed by atoms with van der Waals surface area (Å²) < 4.78 is 6.10. The molecule has 0 spiro atoms. The van der Waals surface area contributed by atoms with Gasteiger partial charge in [-0.3, -0.25) is 0 Å². The van der Waals surface area contributed by atoms with Crippen LogP contribution in [-0.4, -0.2) is 36.2 Å². The maximum atomic E-state index is 9.96. The first-order chi connectivity index (χ1) is 16.3. The number of aryl methyl sites for hydroxylation is 1. The monoisotopic (exact) mass is 441 g/mol. The molecule has 2 aliphatic heterocycles. The van der Waals surface area contributed by atoms with E-state index in [0.29, 0.717) is 6.61 Å². The fraction of sp³-hybridized carbons (Fsp3) is 0.400. The molecule has 2 atom stereocenters. The molecule has 3 nitrogen and oxygen atoms in total. The molecule has 0 aliphatic carbocycles. The van der Waals surface area contributed by atoms with Gasteiger partial charge in [-0.15, -0.1) is 0 Å².